The number of esters is 1. The van der Waals surface area contributed by atoms with Crippen LogP contribution in [-0.2, 0) is 14.3 Å². The number of alkyl halides is 2. The van der Waals surface area contributed by atoms with E-state index in [1.165, 1.54) is 0 Å². The Labute approximate surface area is 169 Å². The summed E-state index contributed by atoms with van der Waals surface area (Å²) in [6, 6.07) is 7.69. The normalized spacial score (nSPS) is 24.4. The Hall–Kier alpha value is -1.50. The number of nitrogens with zero attached hydrogens (tertiary/aromatic N) is 2. The van der Waals surface area contributed by atoms with Crippen LogP contribution in [0.25, 0.3) is 0 Å². The van der Waals surface area contributed by atoms with Crippen molar-refractivity contribution in [3.8, 4) is 0 Å². The van der Waals surface area contributed by atoms with Crippen molar-refractivity contribution in [2.24, 2.45) is 5.41 Å². The van der Waals surface area contributed by atoms with Crippen molar-refractivity contribution in [1.82, 2.24) is 4.90 Å². The van der Waals surface area contributed by atoms with Gasteiger partial charge in [0.25, 0.3) is 5.91 Å². The molecule has 148 valence electrons. The van der Waals surface area contributed by atoms with E-state index in [1.807, 2.05) is 24.3 Å². The van der Waals surface area contributed by atoms with Gasteiger partial charge in [0.1, 0.15) is 9.75 Å². The van der Waals surface area contributed by atoms with Crippen molar-refractivity contribution in [2.75, 3.05) is 49.5 Å². The first-order valence-corrected chi connectivity index (χ1v) is 9.93. The molecule has 1 aromatic rings. The molecule has 3 rings (SSSR count). The number of likely N-dealkylation sites (N-methyl/N-ethyl adjacent to an activating group) is 1. The van der Waals surface area contributed by atoms with Crippen LogP contribution in [0.2, 0.25) is 0 Å². The first kappa shape index (κ1) is 20.2. The molecule has 27 heavy (non-hydrogen) atoms. The van der Waals surface area contributed by atoms with Crippen LogP contribution >= 0.6 is 23.2 Å². The zero-order valence-electron chi connectivity index (χ0n) is 15.6. The molecule has 0 aromatic heterocycles. The van der Waals surface area contributed by atoms with Gasteiger partial charge in [-0.3, -0.25) is 9.59 Å². The van der Waals surface area contributed by atoms with Crippen molar-refractivity contribution in [3.05, 3.63) is 24.3 Å². The highest BCUT2D eigenvalue weighted by Crippen LogP contribution is 2.64. The number of ether oxygens (including phenoxy) is 1. The van der Waals surface area contributed by atoms with Gasteiger partial charge in [0.15, 0.2) is 6.61 Å². The number of carbonyl (C=O) groups is 2. The fourth-order valence-corrected chi connectivity index (χ4v) is 3.88. The number of benzene rings is 1. The van der Waals surface area contributed by atoms with Crippen LogP contribution in [0.1, 0.15) is 20.3 Å². The predicted molar refractivity (Wildman–Crippen MR) is 108 cm³/mol. The van der Waals surface area contributed by atoms with E-state index in [9.17, 15) is 9.59 Å². The summed E-state index contributed by atoms with van der Waals surface area (Å²) in [5.74, 6) is -0.948. The zero-order chi connectivity index (χ0) is 19.7. The lowest BCUT2D eigenvalue weighted by Crippen LogP contribution is -2.46. The van der Waals surface area contributed by atoms with E-state index in [1.54, 1.807) is 6.92 Å². The van der Waals surface area contributed by atoms with Crippen molar-refractivity contribution in [2.45, 2.75) is 24.6 Å². The summed E-state index contributed by atoms with van der Waals surface area (Å²) in [6.07, 6.45) is 0.331. The minimum atomic E-state index is -1.10. The maximum atomic E-state index is 12.0. The number of rotatable bonds is 6. The lowest BCUT2D eigenvalue weighted by atomic mass is 10.1. The van der Waals surface area contributed by atoms with Crippen LogP contribution < -0.4 is 10.2 Å². The SMILES string of the molecule is CCN1CCN(c2ccc(NC(=O)COC(=O)[C@]3(C)CC3(Cl)Cl)cc2)CC1. The third-order valence-corrected chi connectivity index (χ3v) is 6.48. The molecule has 1 aromatic carbocycles. The first-order chi connectivity index (χ1) is 12.7. The fourth-order valence-electron chi connectivity index (χ4n) is 3.19. The maximum absolute atomic E-state index is 12.0. The molecule has 1 saturated carbocycles. The maximum Gasteiger partial charge on any atom is 0.315 e. The van der Waals surface area contributed by atoms with E-state index in [0.29, 0.717) is 12.1 Å². The second-order valence-electron chi connectivity index (χ2n) is 7.31. The van der Waals surface area contributed by atoms with Crippen molar-refractivity contribution < 1.29 is 14.3 Å². The summed E-state index contributed by atoms with van der Waals surface area (Å²) in [4.78, 5) is 28.8. The Morgan fingerprint density at radius 1 is 1.15 bits per heavy atom. The van der Waals surface area contributed by atoms with Gasteiger partial charge in [-0.05, 0) is 37.7 Å². The zero-order valence-corrected chi connectivity index (χ0v) is 17.1. The molecule has 0 unspecified atom stereocenters. The van der Waals surface area contributed by atoms with Crippen molar-refractivity contribution in [3.63, 3.8) is 0 Å². The molecule has 0 radical (unpaired) electrons. The number of hydrogen-bond donors (Lipinski definition) is 1. The molecular formula is C19H25Cl2N3O3. The Morgan fingerprint density at radius 3 is 2.26 bits per heavy atom. The molecule has 2 aliphatic rings. The van der Waals surface area contributed by atoms with Crippen LogP contribution in [0.15, 0.2) is 24.3 Å². The summed E-state index contributed by atoms with van der Waals surface area (Å²) < 4.78 is 3.95. The Bertz CT molecular complexity index is 703. The van der Waals surface area contributed by atoms with Gasteiger partial charge in [0.05, 0.1) is 0 Å². The number of piperazine rings is 1. The molecule has 1 aliphatic carbocycles. The smallest absolute Gasteiger partial charge is 0.315 e. The Kier molecular flexibility index (Phi) is 5.89. The van der Waals surface area contributed by atoms with Crippen LogP contribution in [0.5, 0.6) is 0 Å². The molecule has 8 heteroatoms. The minimum absolute atomic E-state index is 0.331. The van der Waals surface area contributed by atoms with E-state index >= 15 is 0 Å². The second-order valence-corrected chi connectivity index (χ2v) is 8.79. The van der Waals surface area contributed by atoms with Crippen LogP contribution in [0.3, 0.4) is 0 Å². The van der Waals surface area contributed by atoms with Gasteiger partial charge in [0.2, 0.25) is 0 Å². The van der Waals surface area contributed by atoms with Gasteiger partial charge in [-0.1, -0.05) is 6.92 Å². The van der Waals surface area contributed by atoms with Gasteiger partial charge in [-0.2, -0.15) is 0 Å². The van der Waals surface area contributed by atoms with Gasteiger partial charge in [-0.25, -0.2) is 0 Å². The molecule has 1 N–H and O–H groups in total. The number of halogens is 2. The summed E-state index contributed by atoms with van der Waals surface area (Å²) in [6.45, 7) is 8.64. The number of carbonyl (C=O) groups excluding carboxylic acids is 2. The third kappa shape index (κ3) is 4.50. The number of nitrogens with one attached hydrogen (secondary N) is 1. The van der Waals surface area contributed by atoms with Crippen LogP contribution in [-0.4, -0.2) is 60.4 Å². The van der Waals surface area contributed by atoms with Gasteiger partial charge >= 0.3 is 5.97 Å². The van der Waals surface area contributed by atoms with E-state index in [2.05, 4.69) is 22.0 Å². The van der Waals surface area contributed by atoms with Crippen molar-refractivity contribution in [1.29, 1.82) is 0 Å². The molecule has 0 bridgehead atoms. The lowest BCUT2D eigenvalue weighted by molar-refractivity contribution is -0.152. The summed E-state index contributed by atoms with van der Waals surface area (Å²) in [5.41, 5.74) is 0.867. The lowest BCUT2D eigenvalue weighted by Gasteiger charge is -2.35. The molecule has 0 spiro atoms. The molecule has 1 aliphatic heterocycles. The van der Waals surface area contributed by atoms with Crippen LogP contribution in [0, 0.1) is 5.41 Å². The number of anilines is 2. The Balaban J connectivity index is 1.46. The molecule has 1 atom stereocenters. The summed E-state index contributed by atoms with van der Waals surface area (Å²) in [5, 5.41) is 2.73. The highest BCUT2D eigenvalue weighted by atomic mass is 35.5. The topological polar surface area (TPSA) is 61.9 Å². The molecule has 2 fully saturated rings. The van der Waals surface area contributed by atoms with Gasteiger partial charge in [-0.15, -0.1) is 23.2 Å². The molecule has 1 amide bonds. The quantitative estimate of drug-likeness (QED) is 0.573. The monoisotopic (exact) mass is 413 g/mol. The summed E-state index contributed by atoms with van der Waals surface area (Å²) >= 11 is 11.9. The summed E-state index contributed by atoms with van der Waals surface area (Å²) in [7, 11) is 0. The third-order valence-electron chi connectivity index (χ3n) is 5.38. The molecule has 6 nitrogen and oxygen atoms in total. The first-order valence-electron chi connectivity index (χ1n) is 9.17. The largest absolute Gasteiger partial charge is 0.455 e. The predicted octanol–water partition coefficient (Wildman–Crippen LogP) is 2.89. The fraction of sp³-hybridized carbons (Fsp3) is 0.579. The molecule has 1 heterocycles. The number of hydrogen-bond acceptors (Lipinski definition) is 5. The van der Waals surface area contributed by atoms with Gasteiger partial charge in [0, 0.05) is 44.0 Å². The van der Waals surface area contributed by atoms with E-state index in [4.69, 9.17) is 27.9 Å². The highest BCUT2D eigenvalue weighted by molar-refractivity contribution is 6.53. The average molecular weight is 414 g/mol. The minimum Gasteiger partial charge on any atom is -0.455 e. The van der Waals surface area contributed by atoms with Gasteiger partial charge < -0.3 is 19.9 Å². The molecular weight excluding hydrogens is 389 g/mol. The second kappa shape index (κ2) is 7.86. The highest BCUT2D eigenvalue weighted by Gasteiger charge is 2.69. The Morgan fingerprint density at radius 2 is 1.74 bits per heavy atom. The van der Waals surface area contributed by atoms with E-state index < -0.39 is 21.6 Å². The van der Waals surface area contributed by atoms with E-state index in [-0.39, 0.29) is 6.61 Å². The van der Waals surface area contributed by atoms with Crippen molar-refractivity contribution >= 4 is 46.5 Å². The standard InChI is InChI=1S/C19H25Cl2N3O3/c1-3-23-8-10-24(11-9-23)15-6-4-14(5-7-15)22-16(25)12-27-17(26)18(2)13-19(18,20)21/h4-7H,3,8-13H2,1-2H3,(H,22,25)/t18-/m0/s1. The van der Waals surface area contributed by atoms with Crippen LogP contribution in [0.4, 0.5) is 11.4 Å². The van der Waals surface area contributed by atoms with E-state index in [0.717, 1.165) is 38.4 Å². The average Bonchev–Trinajstić information content (AvgIpc) is 3.19. The number of amides is 1. The molecule has 1 saturated heterocycles.